The Labute approximate surface area is 233 Å². The highest BCUT2D eigenvalue weighted by molar-refractivity contribution is 7.92. The molecule has 1 fully saturated rings. The largest absolute Gasteiger partial charge is 0.492 e. The second-order valence-electron chi connectivity index (χ2n) is 10.6. The number of carbonyl (C=O) groups excluding carboxylic acids is 2. The minimum Gasteiger partial charge on any atom is -0.492 e. The summed E-state index contributed by atoms with van der Waals surface area (Å²) in [5, 5.41) is 11.0. The molecular weight excluding hydrogens is 536 g/mol. The smallest absolute Gasteiger partial charge is 0.276 e. The van der Waals surface area contributed by atoms with E-state index in [0.717, 1.165) is 17.4 Å². The number of nitrogens with one attached hydrogen (secondary N) is 2. The molecule has 2 aromatic carbocycles. The topological polar surface area (TPSA) is 145 Å². The molecule has 1 saturated heterocycles. The van der Waals surface area contributed by atoms with E-state index in [1.165, 1.54) is 11.8 Å². The lowest BCUT2D eigenvalue weighted by Gasteiger charge is -2.25. The van der Waals surface area contributed by atoms with Gasteiger partial charge in [-0.25, -0.2) is 13.1 Å². The fourth-order valence-corrected chi connectivity index (χ4v) is 4.80. The molecule has 4 rings (SSSR count). The fraction of sp³-hybridized carbons (Fsp3) is 0.407. The highest BCUT2D eigenvalue weighted by Gasteiger charge is 2.24. The minimum atomic E-state index is -3.61. The van der Waals surface area contributed by atoms with Crippen molar-refractivity contribution in [2.24, 2.45) is 0 Å². The number of morpholine rings is 1. The standard InChI is InChI=1S/C27H34N6O6S/c1-17-7-8-18(13-23(17)33-16-22(29-31-33)26(35)32-9-11-39-12-10-32)25(34)28-20-14-19(27(2,3)4)15-21(24(20)38-5)30-40(6,36)37/h7-8,13-16,30H,9-12H2,1-6H3,(H,28,34). The van der Waals surface area contributed by atoms with E-state index in [1.54, 1.807) is 41.4 Å². The van der Waals surface area contributed by atoms with Crippen molar-refractivity contribution in [3.8, 4) is 11.4 Å². The van der Waals surface area contributed by atoms with Crippen molar-refractivity contribution in [1.29, 1.82) is 0 Å². The van der Waals surface area contributed by atoms with Gasteiger partial charge in [0.15, 0.2) is 11.4 Å². The predicted octanol–water partition coefficient (Wildman–Crippen LogP) is 2.98. The Morgan fingerprint density at radius 1 is 1.07 bits per heavy atom. The molecule has 0 bridgehead atoms. The van der Waals surface area contributed by atoms with Crippen molar-refractivity contribution in [1.82, 2.24) is 19.9 Å². The van der Waals surface area contributed by atoms with Crippen LogP contribution in [-0.2, 0) is 20.2 Å². The van der Waals surface area contributed by atoms with Crippen molar-refractivity contribution in [2.75, 3.05) is 49.7 Å². The summed E-state index contributed by atoms with van der Waals surface area (Å²) in [7, 11) is -2.21. The Kier molecular flexibility index (Phi) is 8.17. The van der Waals surface area contributed by atoms with E-state index in [4.69, 9.17) is 9.47 Å². The zero-order valence-electron chi connectivity index (χ0n) is 23.4. The van der Waals surface area contributed by atoms with E-state index in [1.807, 2.05) is 27.7 Å². The molecule has 214 valence electrons. The Balaban J connectivity index is 1.65. The third kappa shape index (κ3) is 6.59. The summed E-state index contributed by atoms with van der Waals surface area (Å²) in [6.45, 7) is 9.73. The van der Waals surface area contributed by atoms with Crippen LogP contribution in [-0.4, -0.2) is 79.8 Å². The van der Waals surface area contributed by atoms with Gasteiger partial charge in [0, 0.05) is 18.7 Å². The average Bonchev–Trinajstić information content (AvgIpc) is 3.37. The van der Waals surface area contributed by atoms with Crippen LogP contribution in [0.15, 0.2) is 36.5 Å². The average molecular weight is 571 g/mol. The van der Waals surface area contributed by atoms with Gasteiger partial charge >= 0.3 is 0 Å². The number of sulfonamides is 1. The maximum atomic E-state index is 13.4. The van der Waals surface area contributed by atoms with Gasteiger partial charge in [-0.2, -0.15) is 0 Å². The van der Waals surface area contributed by atoms with Crippen LogP contribution in [0.25, 0.3) is 5.69 Å². The first-order chi connectivity index (χ1) is 18.8. The SMILES string of the molecule is COc1c(NC(=O)c2ccc(C)c(-n3cc(C(=O)N4CCOCC4)nn3)c2)cc(C(C)(C)C)cc1NS(C)(=O)=O. The van der Waals surface area contributed by atoms with E-state index < -0.39 is 15.9 Å². The van der Waals surface area contributed by atoms with Gasteiger partial charge in [-0.15, -0.1) is 5.10 Å². The van der Waals surface area contributed by atoms with Crippen LogP contribution in [0.5, 0.6) is 5.75 Å². The number of nitrogens with zero attached hydrogens (tertiary/aromatic N) is 4. The third-order valence-electron chi connectivity index (χ3n) is 6.43. The number of aromatic nitrogens is 3. The van der Waals surface area contributed by atoms with Gasteiger partial charge in [-0.1, -0.05) is 32.1 Å². The highest BCUT2D eigenvalue weighted by atomic mass is 32.2. The summed E-state index contributed by atoms with van der Waals surface area (Å²) in [4.78, 5) is 27.9. The Bertz CT molecular complexity index is 1540. The van der Waals surface area contributed by atoms with Gasteiger partial charge in [0.1, 0.15) is 0 Å². The zero-order valence-corrected chi connectivity index (χ0v) is 24.3. The molecule has 2 N–H and O–H groups in total. The quantitative estimate of drug-likeness (QED) is 0.441. The van der Waals surface area contributed by atoms with Crippen molar-refractivity contribution in [3.05, 3.63) is 58.9 Å². The van der Waals surface area contributed by atoms with Crippen LogP contribution in [0.2, 0.25) is 0 Å². The number of anilines is 2. The van der Waals surface area contributed by atoms with Crippen molar-refractivity contribution >= 4 is 33.2 Å². The number of aryl methyl sites for hydroxylation is 1. The molecule has 0 saturated carbocycles. The number of hydrogen-bond donors (Lipinski definition) is 2. The minimum absolute atomic E-state index is 0.182. The lowest BCUT2D eigenvalue weighted by Crippen LogP contribution is -2.40. The van der Waals surface area contributed by atoms with E-state index in [0.29, 0.717) is 43.2 Å². The molecule has 1 aliphatic rings. The van der Waals surface area contributed by atoms with E-state index in [-0.39, 0.29) is 28.5 Å². The molecule has 2 amide bonds. The van der Waals surface area contributed by atoms with E-state index in [2.05, 4.69) is 20.4 Å². The van der Waals surface area contributed by atoms with Crippen LogP contribution in [0.1, 0.15) is 52.7 Å². The molecule has 12 nitrogen and oxygen atoms in total. The summed E-state index contributed by atoms with van der Waals surface area (Å²) in [5.74, 6) is -0.493. The molecule has 0 atom stereocenters. The van der Waals surface area contributed by atoms with Gasteiger partial charge in [0.25, 0.3) is 11.8 Å². The fourth-order valence-electron chi connectivity index (χ4n) is 4.25. The first-order valence-electron chi connectivity index (χ1n) is 12.7. The van der Waals surface area contributed by atoms with E-state index >= 15 is 0 Å². The summed E-state index contributed by atoms with van der Waals surface area (Å²) in [6, 6.07) is 8.55. The molecule has 3 aromatic rings. The maximum absolute atomic E-state index is 13.4. The second-order valence-corrected chi connectivity index (χ2v) is 12.4. The zero-order chi connectivity index (χ0) is 29.2. The molecular formula is C27H34N6O6S. The first-order valence-corrected chi connectivity index (χ1v) is 14.6. The molecule has 0 unspecified atom stereocenters. The second kappa shape index (κ2) is 11.3. The van der Waals surface area contributed by atoms with Gasteiger partial charge in [0.05, 0.1) is 49.8 Å². The Morgan fingerprint density at radius 3 is 2.38 bits per heavy atom. The molecule has 0 spiro atoms. The summed E-state index contributed by atoms with van der Waals surface area (Å²) < 4.78 is 38.8. The van der Waals surface area contributed by atoms with Gasteiger partial charge in [-0.05, 0) is 47.7 Å². The third-order valence-corrected chi connectivity index (χ3v) is 7.02. The highest BCUT2D eigenvalue weighted by Crippen LogP contribution is 2.39. The molecule has 40 heavy (non-hydrogen) atoms. The summed E-state index contributed by atoms with van der Waals surface area (Å²) in [6.07, 6.45) is 2.59. The number of benzene rings is 2. The normalized spacial score (nSPS) is 14.1. The lowest BCUT2D eigenvalue weighted by atomic mass is 9.86. The maximum Gasteiger partial charge on any atom is 0.276 e. The monoisotopic (exact) mass is 570 g/mol. The van der Waals surface area contributed by atoms with Crippen LogP contribution in [0.3, 0.4) is 0 Å². The number of ether oxygens (including phenoxy) is 2. The summed E-state index contributed by atoms with van der Waals surface area (Å²) >= 11 is 0. The van der Waals surface area contributed by atoms with E-state index in [9.17, 15) is 18.0 Å². The predicted molar refractivity (Wildman–Crippen MR) is 151 cm³/mol. The van der Waals surface area contributed by atoms with Gasteiger partial charge in [0.2, 0.25) is 10.0 Å². The number of amides is 2. The molecule has 2 heterocycles. The first kappa shape index (κ1) is 29.0. The van der Waals surface area contributed by atoms with Gasteiger partial charge < -0.3 is 19.7 Å². The number of rotatable bonds is 7. The van der Waals surface area contributed by atoms with Crippen molar-refractivity contribution < 1.29 is 27.5 Å². The Morgan fingerprint density at radius 2 is 1.75 bits per heavy atom. The van der Waals surface area contributed by atoms with Crippen LogP contribution >= 0.6 is 0 Å². The number of hydrogen-bond acceptors (Lipinski definition) is 8. The molecule has 13 heteroatoms. The number of carbonyl (C=O) groups is 2. The van der Waals surface area contributed by atoms with Crippen LogP contribution in [0, 0.1) is 6.92 Å². The Hall–Kier alpha value is -3.97. The van der Waals surface area contributed by atoms with Gasteiger partial charge in [-0.3, -0.25) is 14.3 Å². The molecule has 0 aliphatic carbocycles. The van der Waals surface area contributed by atoms with Crippen LogP contribution < -0.4 is 14.8 Å². The molecule has 1 aromatic heterocycles. The van der Waals surface area contributed by atoms with Crippen molar-refractivity contribution in [3.63, 3.8) is 0 Å². The van der Waals surface area contributed by atoms with Crippen molar-refractivity contribution in [2.45, 2.75) is 33.1 Å². The lowest BCUT2D eigenvalue weighted by molar-refractivity contribution is 0.0299. The number of methoxy groups -OCH3 is 1. The van der Waals surface area contributed by atoms with Crippen LogP contribution in [0.4, 0.5) is 11.4 Å². The summed E-state index contributed by atoms with van der Waals surface area (Å²) in [5.41, 5.74) is 2.89. The molecule has 0 radical (unpaired) electrons. The molecule has 1 aliphatic heterocycles.